The van der Waals surface area contributed by atoms with Crippen molar-refractivity contribution >= 4 is 39.5 Å². The second-order valence-electron chi connectivity index (χ2n) is 8.36. The molecule has 0 bridgehead atoms. The molecule has 2 aromatic carbocycles. The SMILES string of the molecule is CC(=O)c1ccc(-c2ccc([C@H](c3cccc(F)c3)C(C)(C)C(=O)Nc3nncs3)s2)cc1F. The molecule has 1 N–H and O–H groups in total. The third-order valence-electron chi connectivity index (χ3n) is 5.61. The third-order valence-corrected chi connectivity index (χ3v) is 7.42. The van der Waals surface area contributed by atoms with Crippen molar-refractivity contribution in [1.82, 2.24) is 10.2 Å². The number of ketones is 1. The van der Waals surface area contributed by atoms with E-state index in [9.17, 15) is 18.4 Å². The van der Waals surface area contributed by atoms with Crippen molar-refractivity contribution in [3.63, 3.8) is 0 Å². The maximum Gasteiger partial charge on any atom is 0.232 e. The van der Waals surface area contributed by atoms with Gasteiger partial charge in [0.2, 0.25) is 11.0 Å². The molecule has 0 spiro atoms. The highest BCUT2D eigenvalue weighted by Crippen LogP contribution is 2.46. The lowest BCUT2D eigenvalue weighted by molar-refractivity contribution is -0.124. The molecule has 0 saturated carbocycles. The molecule has 0 aliphatic heterocycles. The van der Waals surface area contributed by atoms with E-state index in [1.807, 2.05) is 12.1 Å². The van der Waals surface area contributed by atoms with Gasteiger partial charge in [0.05, 0.1) is 11.0 Å². The van der Waals surface area contributed by atoms with Crippen LogP contribution in [0.3, 0.4) is 0 Å². The fraction of sp³-hybridized carbons (Fsp3) is 0.200. The van der Waals surface area contributed by atoms with Gasteiger partial charge in [0.25, 0.3) is 0 Å². The minimum Gasteiger partial charge on any atom is -0.300 e. The van der Waals surface area contributed by atoms with Crippen molar-refractivity contribution in [2.45, 2.75) is 26.7 Å². The predicted octanol–water partition coefficient (Wildman–Crippen LogP) is 6.54. The van der Waals surface area contributed by atoms with Crippen molar-refractivity contribution in [3.8, 4) is 10.4 Å². The van der Waals surface area contributed by atoms with Gasteiger partial charge in [0.1, 0.15) is 17.1 Å². The summed E-state index contributed by atoms with van der Waals surface area (Å²) in [5, 5.41) is 10.8. The highest BCUT2D eigenvalue weighted by molar-refractivity contribution is 7.15. The molecule has 1 atom stereocenters. The summed E-state index contributed by atoms with van der Waals surface area (Å²) >= 11 is 2.60. The van der Waals surface area contributed by atoms with E-state index in [-0.39, 0.29) is 17.3 Å². The van der Waals surface area contributed by atoms with Crippen molar-refractivity contribution in [2.24, 2.45) is 5.41 Å². The number of Topliss-reactive ketones (excluding diaryl/α,β-unsaturated/α-hetero) is 1. The van der Waals surface area contributed by atoms with Crippen LogP contribution in [0.2, 0.25) is 0 Å². The molecule has 34 heavy (non-hydrogen) atoms. The molecule has 4 rings (SSSR count). The normalized spacial score (nSPS) is 12.4. The van der Waals surface area contributed by atoms with E-state index in [4.69, 9.17) is 0 Å². The summed E-state index contributed by atoms with van der Waals surface area (Å²) in [6.45, 7) is 4.90. The van der Waals surface area contributed by atoms with E-state index < -0.39 is 23.0 Å². The zero-order valence-corrected chi connectivity index (χ0v) is 20.3. The quantitative estimate of drug-likeness (QED) is 0.294. The number of aromatic nitrogens is 2. The minimum atomic E-state index is -0.995. The molecule has 0 aliphatic carbocycles. The lowest BCUT2D eigenvalue weighted by Gasteiger charge is -2.32. The Balaban J connectivity index is 1.75. The molecule has 2 heterocycles. The van der Waals surface area contributed by atoms with Crippen LogP contribution in [0, 0.1) is 17.0 Å². The number of hydrogen-bond acceptors (Lipinski definition) is 6. The molecule has 0 saturated heterocycles. The van der Waals surface area contributed by atoms with Gasteiger partial charge in [-0.05, 0) is 54.4 Å². The van der Waals surface area contributed by atoms with Gasteiger partial charge in [-0.15, -0.1) is 21.5 Å². The van der Waals surface area contributed by atoms with Crippen LogP contribution in [0.4, 0.5) is 13.9 Å². The molecule has 174 valence electrons. The van der Waals surface area contributed by atoms with Gasteiger partial charge < -0.3 is 5.32 Å². The van der Waals surface area contributed by atoms with Crippen molar-refractivity contribution in [3.05, 3.63) is 87.7 Å². The topological polar surface area (TPSA) is 72.0 Å². The minimum absolute atomic E-state index is 0.0349. The lowest BCUT2D eigenvalue weighted by Crippen LogP contribution is -2.36. The predicted molar refractivity (Wildman–Crippen MR) is 130 cm³/mol. The van der Waals surface area contributed by atoms with Gasteiger partial charge in [0.15, 0.2) is 5.78 Å². The van der Waals surface area contributed by atoms with E-state index in [0.717, 1.165) is 9.75 Å². The van der Waals surface area contributed by atoms with Crippen LogP contribution in [0.1, 0.15) is 47.5 Å². The Morgan fingerprint density at radius 1 is 1.06 bits per heavy atom. The highest BCUT2D eigenvalue weighted by Gasteiger charge is 2.40. The molecule has 0 aliphatic rings. The number of amides is 1. The molecule has 1 amide bonds. The fourth-order valence-electron chi connectivity index (χ4n) is 3.86. The van der Waals surface area contributed by atoms with Crippen LogP contribution in [0.5, 0.6) is 0 Å². The Morgan fingerprint density at radius 2 is 1.85 bits per heavy atom. The number of carbonyl (C=O) groups excluding carboxylic acids is 2. The number of halogens is 2. The molecule has 5 nitrogen and oxygen atoms in total. The molecule has 0 radical (unpaired) electrons. The second kappa shape index (κ2) is 9.52. The molecule has 0 unspecified atom stereocenters. The maximum atomic E-state index is 14.4. The molecule has 0 fully saturated rings. The average molecular weight is 498 g/mol. The number of rotatable bonds is 7. The summed E-state index contributed by atoms with van der Waals surface area (Å²) in [6.07, 6.45) is 0. The van der Waals surface area contributed by atoms with E-state index in [0.29, 0.717) is 16.3 Å². The summed E-state index contributed by atoms with van der Waals surface area (Å²) in [5.41, 5.74) is 1.82. The number of carbonyl (C=O) groups is 2. The third kappa shape index (κ3) is 4.80. The second-order valence-corrected chi connectivity index (χ2v) is 10.3. The first-order valence-electron chi connectivity index (χ1n) is 10.4. The van der Waals surface area contributed by atoms with Crippen LogP contribution in [-0.2, 0) is 4.79 Å². The Hall–Kier alpha value is -3.30. The van der Waals surface area contributed by atoms with Gasteiger partial charge in [-0.1, -0.05) is 43.4 Å². The number of thiophene rings is 1. The van der Waals surface area contributed by atoms with Crippen LogP contribution in [0.15, 0.2) is 60.1 Å². The zero-order valence-electron chi connectivity index (χ0n) is 18.6. The van der Waals surface area contributed by atoms with E-state index in [2.05, 4.69) is 15.5 Å². The van der Waals surface area contributed by atoms with Crippen molar-refractivity contribution < 1.29 is 18.4 Å². The monoisotopic (exact) mass is 497 g/mol. The first-order valence-corrected chi connectivity index (χ1v) is 12.1. The first kappa shape index (κ1) is 23.8. The van der Waals surface area contributed by atoms with Crippen LogP contribution in [-0.4, -0.2) is 21.9 Å². The van der Waals surface area contributed by atoms with E-state index >= 15 is 0 Å². The average Bonchev–Trinajstić information content (AvgIpc) is 3.46. The van der Waals surface area contributed by atoms with Gasteiger partial charge >= 0.3 is 0 Å². The van der Waals surface area contributed by atoms with E-state index in [1.54, 1.807) is 32.0 Å². The van der Waals surface area contributed by atoms with Gasteiger partial charge in [-0.25, -0.2) is 8.78 Å². The molecule has 9 heteroatoms. The molecule has 2 aromatic heterocycles. The Bertz CT molecular complexity index is 1350. The lowest BCUT2D eigenvalue weighted by atomic mass is 9.73. The maximum absolute atomic E-state index is 14.4. The standard InChI is InChI=1S/C25H21F2N3O2S2/c1-14(31)18-8-7-15(12-19(18)27)20-9-10-21(34-20)22(16-5-4-6-17(26)11-16)25(2,3)23(32)29-24-30-28-13-33-24/h4-13,22H,1-3H3,(H,29,30,32)/t22-/m0/s1. The van der Waals surface area contributed by atoms with Gasteiger partial charge in [0, 0.05) is 15.7 Å². The summed E-state index contributed by atoms with van der Waals surface area (Å²) in [6, 6.07) is 14.4. The Kier molecular flexibility index (Phi) is 6.67. The first-order chi connectivity index (χ1) is 16.2. The largest absolute Gasteiger partial charge is 0.300 e. The Morgan fingerprint density at radius 3 is 2.50 bits per heavy atom. The van der Waals surface area contributed by atoms with Crippen molar-refractivity contribution in [1.29, 1.82) is 0 Å². The summed E-state index contributed by atoms with van der Waals surface area (Å²) in [7, 11) is 0. The number of nitrogens with zero attached hydrogens (tertiary/aromatic N) is 2. The number of anilines is 1. The summed E-state index contributed by atoms with van der Waals surface area (Å²) in [4.78, 5) is 26.4. The van der Waals surface area contributed by atoms with Crippen LogP contribution < -0.4 is 5.32 Å². The highest BCUT2D eigenvalue weighted by atomic mass is 32.1. The smallest absolute Gasteiger partial charge is 0.232 e. The van der Waals surface area contributed by atoms with Crippen LogP contribution >= 0.6 is 22.7 Å². The van der Waals surface area contributed by atoms with E-state index in [1.165, 1.54) is 59.4 Å². The fourth-order valence-corrected chi connectivity index (χ4v) is 5.62. The zero-order chi connectivity index (χ0) is 24.5. The Labute approximate surface area is 203 Å². The summed E-state index contributed by atoms with van der Waals surface area (Å²) < 4.78 is 28.6. The van der Waals surface area contributed by atoms with Gasteiger partial charge in [-0.3, -0.25) is 9.59 Å². The molecular formula is C25H21F2N3O2S2. The van der Waals surface area contributed by atoms with Crippen LogP contribution in [0.25, 0.3) is 10.4 Å². The number of benzene rings is 2. The molecule has 4 aromatic rings. The van der Waals surface area contributed by atoms with Crippen molar-refractivity contribution in [2.75, 3.05) is 5.32 Å². The summed E-state index contributed by atoms with van der Waals surface area (Å²) in [5.74, 6) is -2.10. The molecular weight excluding hydrogens is 476 g/mol. The van der Waals surface area contributed by atoms with Gasteiger partial charge in [-0.2, -0.15) is 0 Å². The number of hydrogen-bond donors (Lipinski definition) is 1. The number of nitrogens with one attached hydrogen (secondary N) is 1.